The molecule has 0 spiro atoms. The van der Waals surface area contributed by atoms with Crippen LogP contribution >= 0.6 is 0 Å². The van der Waals surface area contributed by atoms with Crippen LogP contribution in [0.4, 0.5) is 5.69 Å². The number of benzene rings is 1. The van der Waals surface area contributed by atoms with Gasteiger partial charge in [-0.25, -0.2) is 0 Å². The number of aromatic nitrogens is 2. The van der Waals surface area contributed by atoms with Gasteiger partial charge < -0.3 is 10.1 Å². The lowest BCUT2D eigenvalue weighted by Crippen LogP contribution is -2.15. The minimum Gasteiger partial charge on any atom is -0.493 e. The maximum absolute atomic E-state index is 12.4. The van der Waals surface area contributed by atoms with Crippen molar-refractivity contribution in [3.8, 4) is 5.75 Å². The molecule has 5 heteroatoms. The zero-order valence-corrected chi connectivity index (χ0v) is 14.1. The van der Waals surface area contributed by atoms with Crippen molar-refractivity contribution in [2.45, 2.75) is 46.6 Å². The zero-order chi connectivity index (χ0) is 16.6. The lowest BCUT2D eigenvalue weighted by molar-refractivity contribution is -0.115. The summed E-state index contributed by atoms with van der Waals surface area (Å²) < 4.78 is 7.50. The first-order valence-corrected chi connectivity index (χ1v) is 8.06. The van der Waals surface area contributed by atoms with Crippen molar-refractivity contribution in [3.05, 3.63) is 40.7 Å². The molecule has 0 unspecified atom stereocenters. The summed E-state index contributed by atoms with van der Waals surface area (Å²) in [5, 5.41) is 7.51. The number of nitrogens with zero attached hydrogens (tertiary/aromatic N) is 2. The lowest BCUT2D eigenvalue weighted by Gasteiger charge is -2.10. The van der Waals surface area contributed by atoms with Crippen LogP contribution in [0.2, 0.25) is 0 Å². The van der Waals surface area contributed by atoms with E-state index >= 15 is 0 Å². The van der Waals surface area contributed by atoms with Crippen LogP contribution in [0.5, 0.6) is 5.75 Å². The van der Waals surface area contributed by atoms with Crippen LogP contribution < -0.4 is 10.1 Å². The van der Waals surface area contributed by atoms with Crippen molar-refractivity contribution in [3.63, 3.8) is 0 Å². The van der Waals surface area contributed by atoms with Gasteiger partial charge in [0.2, 0.25) is 5.91 Å². The predicted octanol–water partition coefficient (Wildman–Crippen LogP) is 3.20. The third-order valence-electron chi connectivity index (χ3n) is 4.20. The fraction of sp³-hybridized carbons (Fsp3) is 0.444. The van der Waals surface area contributed by atoms with Gasteiger partial charge in [0.15, 0.2) is 0 Å². The van der Waals surface area contributed by atoms with Gasteiger partial charge in [0, 0.05) is 12.5 Å². The number of carbonyl (C=O) groups excluding carboxylic acids is 1. The second kappa shape index (κ2) is 6.07. The highest BCUT2D eigenvalue weighted by Crippen LogP contribution is 2.27. The molecule has 1 aliphatic heterocycles. The highest BCUT2D eigenvalue weighted by Gasteiger charge is 2.17. The zero-order valence-electron chi connectivity index (χ0n) is 14.1. The molecule has 5 nitrogen and oxygen atoms in total. The molecule has 1 aromatic carbocycles. The maximum Gasteiger partial charge on any atom is 0.228 e. The Morgan fingerprint density at radius 1 is 1.39 bits per heavy atom. The van der Waals surface area contributed by atoms with E-state index in [-0.39, 0.29) is 11.9 Å². The fourth-order valence-corrected chi connectivity index (χ4v) is 3.04. The molecule has 1 N–H and O–H groups in total. The predicted molar refractivity (Wildman–Crippen MR) is 90.1 cm³/mol. The van der Waals surface area contributed by atoms with E-state index in [1.54, 1.807) is 0 Å². The monoisotopic (exact) mass is 313 g/mol. The van der Waals surface area contributed by atoms with E-state index in [0.717, 1.165) is 41.4 Å². The molecular formula is C18H23N3O2. The SMILES string of the molecule is Cc1nn(C(C)C)c(C)c1NC(=O)Cc1ccc2c(c1)OCC2. The summed E-state index contributed by atoms with van der Waals surface area (Å²) in [4.78, 5) is 12.4. The van der Waals surface area contributed by atoms with Crippen molar-refractivity contribution in [2.24, 2.45) is 0 Å². The number of hydrogen-bond acceptors (Lipinski definition) is 3. The Kier molecular flexibility index (Phi) is 4.11. The molecule has 0 atom stereocenters. The van der Waals surface area contributed by atoms with E-state index in [0.29, 0.717) is 6.42 Å². The second-order valence-electron chi connectivity index (χ2n) is 6.35. The molecule has 1 aliphatic rings. The minimum absolute atomic E-state index is 0.0301. The second-order valence-corrected chi connectivity index (χ2v) is 6.35. The number of hydrogen-bond donors (Lipinski definition) is 1. The van der Waals surface area contributed by atoms with Gasteiger partial charge in [0.25, 0.3) is 0 Å². The van der Waals surface area contributed by atoms with Crippen molar-refractivity contribution in [1.29, 1.82) is 0 Å². The Labute approximate surface area is 136 Å². The number of anilines is 1. The Morgan fingerprint density at radius 3 is 2.87 bits per heavy atom. The first-order chi connectivity index (χ1) is 11.0. The van der Waals surface area contributed by atoms with Crippen molar-refractivity contribution in [1.82, 2.24) is 9.78 Å². The first-order valence-electron chi connectivity index (χ1n) is 8.06. The summed E-state index contributed by atoms with van der Waals surface area (Å²) in [5.74, 6) is 0.882. The van der Waals surface area contributed by atoms with Gasteiger partial charge in [0.1, 0.15) is 5.75 Å². The number of ether oxygens (including phenoxy) is 1. The molecule has 2 aromatic rings. The molecule has 0 aliphatic carbocycles. The van der Waals surface area contributed by atoms with E-state index in [2.05, 4.69) is 30.3 Å². The summed E-state index contributed by atoms with van der Waals surface area (Å²) in [6, 6.07) is 6.30. The average Bonchev–Trinajstić information content (AvgIpc) is 3.06. The largest absolute Gasteiger partial charge is 0.493 e. The highest BCUT2D eigenvalue weighted by molar-refractivity contribution is 5.93. The van der Waals surface area contributed by atoms with E-state index in [1.165, 1.54) is 5.56 Å². The maximum atomic E-state index is 12.4. The summed E-state index contributed by atoms with van der Waals surface area (Å²) in [7, 11) is 0. The van der Waals surface area contributed by atoms with Crippen LogP contribution in [0, 0.1) is 13.8 Å². The van der Waals surface area contributed by atoms with Gasteiger partial charge in [-0.1, -0.05) is 12.1 Å². The van der Waals surface area contributed by atoms with Crippen molar-refractivity contribution < 1.29 is 9.53 Å². The van der Waals surface area contributed by atoms with Gasteiger partial charge in [-0.05, 0) is 44.9 Å². The van der Waals surface area contributed by atoms with Gasteiger partial charge in [-0.3, -0.25) is 9.48 Å². The first kappa shape index (κ1) is 15.6. The van der Waals surface area contributed by atoms with Gasteiger partial charge >= 0.3 is 0 Å². The van der Waals surface area contributed by atoms with Gasteiger partial charge in [0.05, 0.1) is 30.1 Å². The van der Waals surface area contributed by atoms with Crippen LogP contribution in [0.1, 0.15) is 42.4 Å². The van der Waals surface area contributed by atoms with Crippen LogP contribution in [0.25, 0.3) is 0 Å². The molecule has 0 fully saturated rings. The van der Waals surface area contributed by atoms with Gasteiger partial charge in [-0.2, -0.15) is 5.10 Å². The Bertz CT molecular complexity index is 747. The number of nitrogens with one attached hydrogen (secondary N) is 1. The quantitative estimate of drug-likeness (QED) is 0.943. The van der Waals surface area contributed by atoms with Crippen LogP contribution in [0.3, 0.4) is 0 Å². The number of carbonyl (C=O) groups is 1. The van der Waals surface area contributed by atoms with E-state index in [4.69, 9.17) is 4.74 Å². The lowest BCUT2D eigenvalue weighted by atomic mass is 10.1. The Balaban J connectivity index is 1.73. The van der Waals surface area contributed by atoms with Crippen LogP contribution in [-0.2, 0) is 17.6 Å². The molecule has 1 amide bonds. The average molecular weight is 313 g/mol. The van der Waals surface area contributed by atoms with Crippen molar-refractivity contribution >= 4 is 11.6 Å². The molecule has 0 saturated heterocycles. The van der Waals surface area contributed by atoms with E-state index < -0.39 is 0 Å². The molecular weight excluding hydrogens is 290 g/mol. The third-order valence-corrected chi connectivity index (χ3v) is 4.20. The number of amides is 1. The van der Waals surface area contributed by atoms with Crippen molar-refractivity contribution in [2.75, 3.05) is 11.9 Å². The summed E-state index contributed by atoms with van der Waals surface area (Å²) >= 11 is 0. The summed E-state index contributed by atoms with van der Waals surface area (Å²) in [6.07, 6.45) is 1.29. The molecule has 2 heterocycles. The topological polar surface area (TPSA) is 56.2 Å². The Morgan fingerprint density at radius 2 is 2.17 bits per heavy atom. The van der Waals surface area contributed by atoms with Crippen LogP contribution in [-0.4, -0.2) is 22.3 Å². The van der Waals surface area contributed by atoms with E-state index in [9.17, 15) is 4.79 Å². The molecule has 23 heavy (non-hydrogen) atoms. The molecule has 0 bridgehead atoms. The normalized spacial score (nSPS) is 13.1. The summed E-state index contributed by atoms with van der Waals surface area (Å²) in [6.45, 7) is 8.80. The molecule has 3 rings (SSSR count). The minimum atomic E-state index is -0.0301. The molecule has 122 valence electrons. The number of rotatable bonds is 4. The molecule has 1 aromatic heterocycles. The Hall–Kier alpha value is -2.30. The smallest absolute Gasteiger partial charge is 0.228 e. The summed E-state index contributed by atoms with van der Waals surface area (Å²) in [5.41, 5.74) is 4.85. The molecule has 0 radical (unpaired) electrons. The fourth-order valence-electron chi connectivity index (χ4n) is 3.04. The highest BCUT2D eigenvalue weighted by atomic mass is 16.5. The van der Waals surface area contributed by atoms with E-state index in [1.807, 2.05) is 30.7 Å². The van der Waals surface area contributed by atoms with Gasteiger partial charge in [-0.15, -0.1) is 0 Å². The molecule has 0 saturated carbocycles. The standard InChI is InChI=1S/C18H23N3O2/c1-11(2)21-13(4)18(12(3)20-21)19-17(22)10-14-5-6-15-7-8-23-16(15)9-14/h5-6,9,11H,7-8,10H2,1-4H3,(H,19,22). The third kappa shape index (κ3) is 3.09. The number of fused-ring (bicyclic) bond motifs is 1. The van der Waals surface area contributed by atoms with Crippen LogP contribution in [0.15, 0.2) is 18.2 Å². The number of aryl methyl sites for hydroxylation is 1.